The van der Waals surface area contributed by atoms with Gasteiger partial charge in [-0.2, -0.15) is 0 Å². The van der Waals surface area contributed by atoms with Gasteiger partial charge in [-0.05, 0) is 36.1 Å². The minimum absolute atomic E-state index is 0.190. The molecule has 0 spiro atoms. The summed E-state index contributed by atoms with van der Waals surface area (Å²) < 4.78 is 0. The van der Waals surface area contributed by atoms with Gasteiger partial charge in [0.2, 0.25) is 5.91 Å². The number of benzene rings is 1. The summed E-state index contributed by atoms with van der Waals surface area (Å²) in [5.74, 6) is 0.731. The van der Waals surface area contributed by atoms with Crippen LogP contribution in [0, 0.1) is 5.92 Å². The first-order chi connectivity index (χ1) is 9.04. The van der Waals surface area contributed by atoms with Gasteiger partial charge in [-0.1, -0.05) is 32.9 Å². The van der Waals surface area contributed by atoms with Gasteiger partial charge in [0.15, 0.2) is 0 Å². The van der Waals surface area contributed by atoms with Gasteiger partial charge in [-0.3, -0.25) is 4.79 Å². The van der Waals surface area contributed by atoms with Gasteiger partial charge in [0.25, 0.3) is 0 Å². The Balaban J connectivity index is 2.26. The Hall–Kier alpha value is -1.35. The van der Waals surface area contributed by atoms with Crippen LogP contribution in [0.25, 0.3) is 0 Å². The van der Waals surface area contributed by atoms with E-state index in [1.54, 1.807) is 4.90 Å². The highest BCUT2D eigenvalue weighted by Gasteiger charge is 2.25. The largest absolute Gasteiger partial charge is 0.315 e. The molecule has 0 aliphatic carbocycles. The first-order valence-corrected chi connectivity index (χ1v) is 7.17. The van der Waals surface area contributed by atoms with Crippen LogP contribution in [0.4, 0.5) is 5.69 Å². The lowest BCUT2D eigenvalue weighted by atomic mass is 9.94. The van der Waals surface area contributed by atoms with Crippen molar-refractivity contribution in [1.82, 2.24) is 5.32 Å². The van der Waals surface area contributed by atoms with Crippen LogP contribution in [0.5, 0.6) is 0 Å². The summed E-state index contributed by atoms with van der Waals surface area (Å²) in [6.07, 6.45) is 1.67. The summed E-state index contributed by atoms with van der Waals surface area (Å²) in [6, 6.07) is 6.80. The Morgan fingerprint density at radius 1 is 1.37 bits per heavy atom. The number of nitrogens with zero attached hydrogens (tertiary/aromatic N) is 1. The zero-order chi connectivity index (χ0) is 14.0. The van der Waals surface area contributed by atoms with E-state index >= 15 is 0 Å². The minimum atomic E-state index is 0.190. The maximum absolute atomic E-state index is 11.7. The molecule has 1 atom stereocenters. The topological polar surface area (TPSA) is 32.3 Å². The molecular formula is C16H24N2O. The van der Waals surface area contributed by atoms with Gasteiger partial charge < -0.3 is 10.2 Å². The van der Waals surface area contributed by atoms with Crippen molar-refractivity contribution in [1.29, 1.82) is 0 Å². The third-order valence-electron chi connectivity index (χ3n) is 3.82. The maximum Gasteiger partial charge on any atom is 0.231 e. The molecule has 1 amide bonds. The Kier molecular flexibility index (Phi) is 4.25. The second-order valence-corrected chi connectivity index (χ2v) is 5.69. The third kappa shape index (κ3) is 2.81. The normalized spacial score (nSPS) is 16.1. The molecule has 3 heteroatoms. The molecule has 0 aromatic heterocycles. The first-order valence-electron chi connectivity index (χ1n) is 7.17. The molecule has 0 radical (unpaired) electrons. The monoisotopic (exact) mass is 260 g/mol. The predicted octanol–water partition coefficient (Wildman–Crippen LogP) is 2.90. The lowest BCUT2D eigenvalue weighted by Crippen LogP contribution is -2.26. The van der Waals surface area contributed by atoms with Crippen molar-refractivity contribution in [3.05, 3.63) is 29.3 Å². The molecule has 1 aromatic carbocycles. The molecule has 3 nitrogen and oxygen atoms in total. The van der Waals surface area contributed by atoms with E-state index in [4.69, 9.17) is 0 Å². The van der Waals surface area contributed by atoms with Gasteiger partial charge >= 0.3 is 0 Å². The molecule has 0 saturated heterocycles. The van der Waals surface area contributed by atoms with E-state index in [2.05, 4.69) is 44.3 Å². The molecule has 1 aliphatic heterocycles. The fourth-order valence-electron chi connectivity index (χ4n) is 2.72. The summed E-state index contributed by atoms with van der Waals surface area (Å²) >= 11 is 0. The smallest absolute Gasteiger partial charge is 0.231 e. The van der Waals surface area contributed by atoms with E-state index in [9.17, 15) is 4.79 Å². The summed E-state index contributed by atoms with van der Waals surface area (Å²) in [5, 5.41) is 3.60. The highest BCUT2D eigenvalue weighted by Crippen LogP contribution is 2.31. The number of nitrogens with one attached hydrogen (secondary N) is 1. The minimum Gasteiger partial charge on any atom is -0.315 e. The van der Waals surface area contributed by atoms with Gasteiger partial charge in [-0.25, -0.2) is 0 Å². The molecule has 19 heavy (non-hydrogen) atoms. The van der Waals surface area contributed by atoms with Crippen LogP contribution in [0.1, 0.15) is 44.4 Å². The van der Waals surface area contributed by atoms with E-state index in [0.717, 1.165) is 24.2 Å². The lowest BCUT2D eigenvalue weighted by Gasteiger charge is -2.23. The van der Waals surface area contributed by atoms with Crippen molar-refractivity contribution in [2.75, 3.05) is 18.5 Å². The van der Waals surface area contributed by atoms with Crippen molar-refractivity contribution < 1.29 is 4.79 Å². The van der Waals surface area contributed by atoms with E-state index in [-0.39, 0.29) is 5.91 Å². The Bertz CT molecular complexity index is 468. The fraction of sp³-hybridized carbons (Fsp3) is 0.562. The van der Waals surface area contributed by atoms with E-state index < -0.39 is 0 Å². The highest BCUT2D eigenvalue weighted by atomic mass is 16.2. The van der Waals surface area contributed by atoms with Gasteiger partial charge in [0.05, 0.1) is 6.42 Å². The maximum atomic E-state index is 11.7. The summed E-state index contributed by atoms with van der Waals surface area (Å²) in [4.78, 5) is 13.5. The Morgan fingerprint density at radius 3 is 2.74 bits per heavy atom. The van der Waals surface area contributed by atoms with Crippen molar-refractivity contribution >= 4 is 11.6 Å². The second kappa shape index (κ2) is 5.74. The van der Waals surface area contributed by atoms with Crippen molar-refractivity contribution in [3.63, 3.8) is 0 Å². The number of hydrogen-bond acceptors (Lipinski definition) is 2. The number of fused-ring (bicyclic) bond motifs is 1. The average molecular weight is 260 g/mol. The van der Waals surface area contributed by atoms with Crippen LogP contribution in [0.15, 0.2) is 18.2 Å². The number of carbonyl (C=O) groups is 1. The van der Waals surface area contributed by atoms with E-state index in [0.29, 0.717) is 18.4 Å². The standard InChI is InChI=1S/C16H24N2O/c1-5-8-17-16(11(2)3)12-6-7-14-13(9-12)10-15(19)18(14)4/h6-7,9,11,16-17H,5,8,10H2,1-4H3. The van der Waals surface area contributed by atoms with E-state index in [1.807, 2.05) is 7.05 Å². The zero-order valence-corrected chi connectivity index (χ0v) is 12.4. The fourth-order valence-corrected chi connectivity index (χ4v) is 2.72. The summed E-state index contributed by atoms with van der Waals surface area (Å²) in [5.41, 5.74) is 3.52. The molecule has 1 N–H and O–H groups in total. The Morgan fingerprint density at radius 2 is 2.11 bits per heavy atom. The van der Waals surface area contributed by atoms with Gasteiger partial charge in [-0.15, -0.1) is 0 Å². The van der Waals surface area contributed by atoms with E-state index in [1.165, 1.54) is 5.56 Å². The average Bonchev–Trinajstić information content (AvgIpc) is 2.65. The number of rotatable bonds is 5. The molecule has 0 bridgehead atoms. The van der Waals surface area contributed by atoms with Crippen LogP contribution in [0.3, 0.4) is 0 Å². The molecule has 1 aromatic rings. The number of anilines is 1. The summed E-state index contributed by atoms with van der Waals surface area (Å²) in [6.45, 7) is 7.68. The first kappa shape index (κ1) is 14.1. The molecular weight excluding hydrogens is 236 g/mol. The number of carbonyl (C=O) groups excluding carboxylic acids is 1. The van der Waals surface area contributed by atoms with Crippen LogP contribution in [-0.2, 0) is 11.2 Å². The Labute approximate surface area is 116 Å². The lowest BCUT2D eigenvalue weighted by molar-refractivity contribution is -0.117. The van der Waals surface area contributed by atoms with Crippen LogP contribution >= 0.6 is 0 Å². The SMILES string of the molecule is CCCNC(c1ccc2c(c1)CC(=O)N2C)C(C)C. The molecule has 1 heterocycles. The predicted molar refractivity (Wildman–Crippen MR) is 79.4 cm³/mol. The van der Waals surface area contributed by atoms with Crippen molar-refractivity contribution in [2.45, 2.75) is 39.7 Å². The summed E-state index contributed by atoms with van der Waals surface area (Å²) in [7, 11) is 1.85. The van der Waals surface area contributed by atoms with Crippen LogP contribution in [0.2, 0.25) is 0 Å². The van der Waals surface area contributed by atoms with Crippen LogP contribution < -0.4 is 10.2 Å². The zero-order valence-electron chi connectivity index (χ0n) is 12.4. The number of hydrogen-bond donors (Lipinski definition) is 1. The molecule has 1 aliphatic rings. The van der Waals surface area contributed by atoms with Crippen molar-refractivity contribution in [3.8, 4) is 0 Å². The van der Waals surface area contributed by atoms with Gasteiger partial charge in [0, 0.05) is 18.8 Å². The number of likely N-dealkylation sites (N-methyl/N-ethyl adjacent to an activating group) is 1. The second-order valence-electron chi connectivity index (χ2n) is 5.69. The third-order valence-corrected chi connectivity index (χ3v) is 3.82. The van der Waals surface area contributed by atoms with Gasteiger partial charge in [0.1, 0.15) is 0 Å². The number of amides is 1. The molecule has 0 fully saturated rings. The van der Waals surface area contributed by atoms with Crippen molar-refractivity contribution in [2.24, 2.45) is 5.92 Å². The molecule has 2 rings (SSSR count). The quantitative estimate of drug-likeness (QED) is 0.883. The molecule has 1 unspecified atom stereocenters. The highest BCUT2D eigenvalue weighted by molar-refractivity contribution is 6.00. The molecule has 0 saturated carbocycles. The van der Waals surface area contributed by atoms with Crippen LogP contribution in [-0.4, -0.2) is 19.5 Å². The molecule has 104 valence electrons.